The van der Waals surface area contributed by atoms with E-state index in [-0.39, 0.29) is 18.6 Å². The molecule has 6 nitrogen and oxygen atoms in total. The number of ether oxygens (including phenoxy) is 1. The van der Waals surface area contributed by atoms with Crippen LogP contribution < -0.4 is 16.4 Å². The highest BCUT2D eigenvalue weighted by molar-refractivity contribution is 5.82. The smallest absolute Gasteiger partial charge is 0.404 e. The minimum absolute atomic E-state index is 0.00692. The van der Waals surface area contributed by atoms with E-state index in [0.29, 0.717) is 18.4 Å². The van der Waals surface area contributed by atoms with Gasteiger partial charge in [0, 0.05) is 0 Å². The monoisotopic (exact) mass is 241 g/mol. The predicted molar refractivity (Wildman–Crippen MR) is 61.2 cm³/mol. The largest absolute Gasteiger partial charge is 0.448 e. The molecule has 1 saturated heterocycles. The summed E-state index contributed by atoms with van der Waals surface area (Å²) in [5.74, 6) is 1.15. The maximum Gasteiger partial charge on any atom is 0.404 e. The maximum absolute atomic E-state index is 11.9. The van der Waals surface area contributed by atoms with Gasteiger partial charge in [-0.25, -0.2) is 4.79 Å². The van der Waals surface area contributed by atoms with Gasteiger partial charge in [-0.1, -0.05) is 6.42 Å². The Labute approximate surface area is 100 Å². The van der Waals surface area contributed by atoms with Crippen molar-refractivity contribution in [3.05, 3.63) is 0 Å². The van der Waals surface area contributed by atoms with Crippen LogP contribution in [0.15, 0.2) is 0 Å². The minimum atomic E-state index is -0.811. The van der Waals surface area contributed by atoms with E-state index in [1.54, 1.807) is 0 Å². The molecule has 1 aliphatic carbocycles. The molecule has 2 aliphatic rings. The summed E-state index contributed by atoms with van der Waals surface area (Å²) in [4.78, 5) is 22.2. The van der Waals surface area contributed by atoms with Crippen molar-refractivity contribution in [2.45, 2.75) is 25.3 Å². The number of primary amides is 1. The summed E-state index contributed by atoms with van der Waals surface area (Å²) in [6.07, 6.45) is 2.78. The molecular formula is C11H19N3O3. The minimum Gasteiger partial charge on any atom is -0.448 e. The van der Waals surface area contributed by atoms with Crippen molar-refractivity contribution < 1.29 is 14.3 Å². The average molecular weight is 241 g/mol. The number of carbonyl (C=O) groups excluding carboxylic acids is 2. The molecule has 0 aromatic rings. The summed E-state index contributed by atoms with van der Waals surface area (Å²) < 4.78 is 4.55. The molecule has 1 aliphatic heterocycles. The summed E-state index contributed by atoms with van der Waals surface area (Å²) >= 11 is 0. The first kappa shape index (κ1) is 12.2. The van der Waals surface area contributed by atoms with Crippen molar-refractivity contribution in [1.82, 2.24) is 10.6 Å². The molecule has 0 bridgehead atoms. The molecule has 96 valence electrons. The number of rotatable bonds is 4. The molecule has 0 radical (unpaired) electrons. The van der Waals surface area contributed by atoms with E-state index in [9.17, 15) is 9.59 Å². The van der Waals surface area contributed by atoms with E-state index in [1.807, 2.05) is 0 Å². The van der Waals surface area contributed by atoms with E-state index in [4.69, 9.17) is 5.73 Å². The third-order valence-electron chi connectivity index (χ3n) is 3.67. The Morgan fingerprint density at radius 2 is 2.24 bits per heavy atom. The fourth-order valence-corrected chi connectivity index (χ4v) is 2.91. The lowest BCUT2D eigenvalue weighted by molar-refractivity contribution is -0.123. The maximum atomic E-state index is 11.9. The molecule has 2 fully saturated rings. The molecule has 4 N–H and O–H groups in total. The fraction of sp³-hybridized carbons (Fsp3) is 0.818. The lowest BCUT2D eigenvalue weighted by Crippen LogP contribution is -2.44. The third kappa shape index (κ3) is 2.88. The fourth-order valence-electron chi connectivity index (χ4n) is 2.91. The van der Waals surface area contributed by atoms with Gasteiger partial charge in [0.25, 0.3) is 0 Å². The topological polar surface area (TPSA) is 93.5 Å². The number of hydrogen-bond acceptors (Lipinski definition) is 4. The Bertz CT molecular complexity index is 308. The highest BCUT2D eigenvalue weighted by atomic mass is 16.5. The van der Waals surface area contributed by atoms with Crippen LogP contribution in [-0.2, 0) is 9.53 Å². The number of hydrogen-bond donors (Lipinski definition) is 3. The van der Waals surface area contributed by atoms with Crippen LogP contribution in [0.25, 0.3) is 0 Å². The molecule has 17 heavy (non-hydrogen) atoms. The molecule has 3 unspecified atom stereocenters. The molecule has 2 amide bonds. The van der Waals surface area contributed by atoms with Crippen LogP contribution in [0.2, 0.25) is 0 Å². The van der Waals surface area contributed by atoms with Gasteiger partial charge in [-0.15, -0.1) is 0 Å². The first-order chi connectivity index (χ1) is 8.18. The molecule has 1 heterocycles. The van der Waals surface area contributed by atoms with Gasteiger partial charge in [-0.2, -0.15) is 0 Å². The Hall–Kier alpha value is -1.30. The van der Waals surface area contributed by atoms with E-state index in [0.717, 1.165) is 13.0 Å². The van der Waals surface area contributed by atoms with Crippen LogP contribution in [0.5, 0.6) is 0 Å². The molecule has 1 saturated carbocycles. The Balaban J connectivity index is 1.71. The van der Waals surface area contributed by atoms with Gasteiger partial charge in [0.2, 0.25) is 5.91 Å². The summed E-state index contributed by atoms with van der Waals surface area (Å²) in [5.41, 5.74) is 4.82. The third-order valence-corrected chi connectivity index (χ3v) is 3.67. The number of carbonyl (C=O) groups is 2. The second-order valence-corrected chi connectivity index (χ2v) is 4.70. The SMILES string of the molecule is NC(=O)OCCNC(=O)C1NCC2CCCC21. The highest BCUT2D eigenvalue weighted by Gasteiger charge is 2.42. The summed E-state index contributed by atoms with van der Waals surface area (Å²) in [7, 11) is 0. The van der Waals surface area contributed by atoms with Crippen LogP contribution in [0, 0.1) is 11.8 Å². The summed E-state index contributed by atoms with van der Waals surface area (Å²) in [5, 5.41) is 6.02. The second kappa shape index (κ2) is 5.35. The van der Waals surface area contributed by atoms with Crippen molar-refractivity contribution in [2.24, 2.45) is 17.6 Å². The van der Waals surface area contributed by atoms with Gasteiger partial charge in [-0.05, 0) is 31.2 Å². The van der Waals surface area contributed by atoms with Crippen molar-refractivity contribution >= 4 is 12.0 Å². The van der Waals surface area contributed by atoms with Gasteiger partial charge < -0.3 is 21.1 Å². The molecule has 2 rings (SSSR count). The lowest BCUT2D eigenvalue weighted by atomic mass is 9.94. The Kier molecular flexibility index (Phi) is 3.83. The predicted octanol–water partition coefficient (Wildman–Crippen LogP) is -0.414. The van der Waals surface area contributed by atoms with E-state index in [1.165, 1.54) is 12.8 Å². The molecular weight excluding hydrogens is 222 g/mol. The van der Waals surface area contributed by atoms with Crippen molar-refractivity contribution in [3.63, 3.8) is 0 Å². The normalized spacial score (nSPS) is 30.9. The first-order valence-electron chi connectivity index (χ1n) is 6.12. The molecule has 0 aromatic heterocycles. The average Bonchev–Trinajstić information content (AvgIpc) is 2.85. The van der Waals surface area contributed by atoms with Crippen molar-refractivity contribution in [1.29, 1.82) is 0 Å². The molecule has 6 heteroatoms. The van der Waals surface area contributed by atoms with E-state index < -0.39 is 6.09 Å². The summed E-state index contributed by atoms with van der Waals surface area (Å²) in [6, 6.07) is -0.0731. The highest BCUT2D eigenvalue weighted by Crippen LogP contribution is 2.37. The molecule has 0 spiro atoms. The van der Waals surface area contributed by atoms with Gasteiger partial charge in [-0.3, -0.25) is 4.79 Å². The zero-order valence-corrected chi connectivity index (χ0v) is 9.78. The zero-order valence-electron chi connectivity index (χ0n) is 9.78. The number of nitrogens with two attached hydrogens (primary N) is 1. The van der Waals surface area contributed by atoms with Crippen LogP contribution in [0.1, 0.15) is 19.3 Å². The summed E-state index contributed by atoms with van der Waals surface area (Å²) in [6.45, 7) is 1.39. The van der Waals surface area contributed by atoms with Gasteiger partial charge in [0.15, 0.2) is 0 Å². The van der Waals surface area contributed by atoms with Gasteiger partial charge in [0.1, 0.15) is 6.61 Å². The van der Waals surface area contributed by atoms with Gasteiger partial charge in [0.05, 0.1) is 12.6 Å². The van der Waals surface area contributed by atoms with E-state index >= 15 is 0 Å². The standard InChI is InChI=1S/C11H19N3O3/c12-11(16)17-5-4-13-10(15)9-8-3-1-2-7(8)6-14-9/h7-9,14H,1-6H2,(H2,12,16)(H,13,15). The van der Waals surface area contributed by atoms with Crippen LogP contribution in [-0.4, -0.2) is 37.7 Å². The number of nitrogens with one attached hydrogen (secondary N) is 2. The van der Waals surface area contributed by atoms with Crippen molar-refractivity contribution in [3.8, 4) is 0 Å². The van der Waals surface area contributed by atoms with Gasteiger partial charge >= 0.3 is 6.09 Å². The Morgan fingerprint density at radius 1 is 1.41 bits per heavy atom. The van der Waals surface area contributed by atoms with E-state index in [2.05, 4.69) is 15.4 Å². The Morgan fingerprint density at radius 3 is 3.00 bits per heavy atom. The number of amides is 2. The molecule has 3 atom stereocenters. The zero-order chi connectivity index (χ0) is 12.3. The quantitative estimate of drug-likeness (QED) is 0.583. The van der Waals surface area contributed by atoms with Crippen LogP contribution in [0.3, 0.4) is 0 Å². The number of fused-ring (bicyclic) bond motifs is 1. The van der Waals surface area contributed by atoms with Crippen LogP contribution in [0.4, 0.5) is 4.79 Å². The van der Waals surface area contributed by atoms with Crippen molar-refractivity contribution in [2.75, 3.05) is 19.7 Å². The first-order valence-corrected chi connectivity index (χ1v) is 6.12. The van der Waals surface area contributed by atoms with Crippen LogP contribution >= 0.6 is 0 Å². The molecule has 0 aromatic carbocycles. The second-order valence-electron chi connectivity index (χ2n) is 4.70. The lowest BCUT2D eigenvalue weighted by Gasteiger charge is -2.17.